The number of carboxylic acids is 1. The van der Waals surface area contributed by atoms with Gasteiger partial charge in [-0.3, -0.25) is 9.59 Å². The van der Waals surface area contributed by atoms with E-state index in [1.807, 2.05) is 24.3 Å². The molecule has 3 atom stereocenters. The lowest BCUT2D eigenvalue weighted by Gasteiger charge is -2.19. The molecule has 2 aromatic carbocycles. The van der Waals surface area contributed by atoms with Crippen LogP contribution in [-0.4, -0.2) is 42.3 Å². The molecular weight excluding hydrogens is 420 g/mol. The van der Waals surface area contributed by atoms with Crippen molar-refractivity contribution in [3.05, 3.63) is 59.7 Å². The molecule has 3 aliphatic carbocycles. The second-order valence-electron chi connectivity index (χ2n) is 9.42. The summed E-state index contributed by atoms with van der Waals surface area (Å²) in [4.78, 5) is 35.8. The molecule has 2 aromatic rings. The van der Waals surface area contributed by atoms with Crippen molar-refractivity contribution >= 4 is 18.0 Å². The molecule has 0 aliphatic heterocycles. The zero-order valence-electron chi connectivity index (χ0n) is 18.4. The summed E-state index contributed by atoms with van der Waals surface area (Å²) in [6.45, 7) is 0.634. The number of hydrogen-bond acceptors (Lipinski definition) is 4. The van der Waals surface area contributed by atoms with Gasteiger partial charge in [0, 0.05) is 24.9 Å². The van der Waals surface area contributed by atoms with Crippen molar-refractivity contribution in [1.82, 2.24) is 10.6 Å². The van der Waals surface area contributed by atoms with E-state index in [1.165, 1.54) is 22.3 Å². The molecule has 3 N–H and O–H groups in total. The van der Waals surface area contributed by atoms with E-state index in [0.717, 1.165) is 12.8 Å². The minimum atomic E-state index is -0.861. The molecule has 0 spiro atoms. The Balaban J connectivity index is 1.13. The predicted octanol–water partition coefficient (Wildman–Crippen LogP) is 3.67. The standard InChI is InChI=1S/C26H28N2O5/c29-23(30)10-5-11-27-24(31)26-13-16(26)12-17(14-26)28-25(32)33-15-22-20-8-3-1-6-18(20)19-7-2-4-9-21(19)22/h1-4,6-9,16-17,22H,5,10-15H2,(H,27,31)(H,28,32)(H,29,30). The van der Waals surface area contributed by atoms with E-state index >= 15 is 0 Å². The van der Waals surface area contributed by atoms with E-state index in [9.17, 15) is 14.4 Å². The van der Waals surface area contributed by atoms with E-state index in [2.05, 4.69) is 34.9 Å². The first kappa shape index (κ1) is 21.5. The molecule has 172 valence electrons. The SMILES string of the molecule is O=C(O)CCCNC(=O)C12CC(NC(=O)OCC3c4ccccc4-c4ccccc43)CC1C2. The number of carboxylic acid groups (broad SMARTS) is 1. The van der Waals surface area contributed by atoms with Crippen LogP contribution in [0.1, 0.15) is 49.1 Å². The van der Waals surface area contributed by atoms with Gasteiger partial charge in [0.2, 0.25) is 5.91 Å². The third-order valence-electron chi connectivity index (χ3n) is 7.38. The van der Waals surface area contributed by atoms with Crippen molar-refractivity contribution in [2.45, 2.75) is 44.1 Å². The molecule has 0 bridgehead atoms. The first-order valence-electron chi connectivity index (χ1n) is 11.6. The fourth-order valence-corrected chi connectivity index (χ4v) is 5.71. The summed E-state index contributed by atoms with van der Waals surface area (Å²) in [6, 6.07) is 16.4. The minimum Gasteiger partial charge on any atom is -0.481 e. The van der Waals surface area contributed by atoms with E-state index < -0.39 is 17.5 Å². The normalized spacial score (nSPS) is 24.4. The maximum Gasteiger partial charge on any atom is 0.407 e. The molecule has 3 unspecified atom stereocenters. The number of rotatable bonds is 8. The van der Waals surface area contributed by atoms with Crippen molar-refractivity contribution in [3.8, 4) is 11.1 Å². The first-order valence-corrected chi connectivity index (χ1v) is 11.6. The van der Waals surface area contributed by atoms with Crippen LogP contribution >= 0.6 is 0 Å². The summed E-state index contributed by atoms with van der Waals surface area (Å²) >= 11 is 0. The van der Waals surface area contributed by atoms with Gasteiger partial charge < -0.3 is 20.5 Å². The molecule has 7 nitrogen and oxygen atoms in total. The summed E-state index contributed by atoms with van der Waals surface area (Å²) in [5, 5.41) is 14.5. The minimum absolute atomic E-state index is 0.0167. The molecule has 5 rings (SSSR count). The third kappa shape index (κ3) is 4.08. The lowest BCUT2D eigenvalue weighted by molar-refractivity contribution is -0.137. The molecular formula is C26H28N2O5. The highest BCUT2D eigenvalue weighted by molar-refractivity contribution is 5.87. The van der Waals surface area contributed by atoms with Gasteiger partial charge in [0.15, 0.2) is 0 Å². The van der Waals surface area contributed by atoms with Crippen LogP contribution in [0, 0.1) is 11.3 Å². The van der Waals surface area contributed by atoms with E-state index in [0.29, 0.717) is 19.4 Å². The van der Waals surface area contributed by atoms with Gasteiger partial charge in [-0.05, 0) is 53.9 Å². The molecule has 0 heterocycles. The summed E-state index contributed by atoms with van der Waals surface area (Å²) in [7, 11) is 0. The highest BCUT2D eigenvalue weighted by Gasteiger charge is 2.65. The number of nitrogens with one attached hydrogen (secondary N) is 2. The Hall–Kier alpha value is -3.35. The molecule has 0 aromatic heterocycles. The molecule has 0 radical (unpaired) electrons. The average Bonchev–Trinajstić information content (AvgIpc) is 3.23. The molecule has 7 heteroatoms. The molecule has 2 saturated carbocycles. The Bertz CT molecular complexity index is 1050. The van der Waals surface area contributed by atoms with Crippen LogP contribution in [0.3, 0.4) is 0 Å². The summed E-state index contributed by atoms with van der Waals surface area (Å²) in [6.07, 6.45) is 2.23. The summed E-state index contributed by atoms with van der Waals surface area (Å²) < 4.78 is 5.64. The number of carbonyl (C=O) groups excluding carboxylic acids is 2. The van der Waals surface area contributed by atoms with E-state index in [4.69, 9.17) is 9.84 Å². The van der Waals surface area contributed by atoms with Crippen molar-refractivity contribution in [3.63, 3.8) is 0 Å². The molecule has 2 fully saturated rings. The number of ether oxygens (including phenoxy) is 1. The van der Waals surface area contributed by atoms with Crippen LogP contribution < -0.4 is 10.6 Å². The Labute approximate surface area is 192 Å². The van der Waals surface area contributed by atoms with Gasteiger partial charge in [-0.1, -0.05) is 48.5 Å². The van der Waals surface area contributed by atoms with Crippen LogP contribution in [0.5, 0.6) is 0 Å². The number of benzene rings is 2. The molecule has 0 saturated heterocycles. The van der Waals surface area contributed by atoms with Gasteiger partial charge in [0.05, 0.1) is 5.41 Å². The van der Waals surface area contributed by atoms with Gasteiger partial charge in [-0.2, -0.15) is 0 Å². The molecule has 2 amide bonds. The van der Waals surface area contributed by atoms with Gasteiger partial charge in [-0.15, -0.1) is 0 Å². The zero-order valence-corrected chi connectivity index (χ0v) is 18.4. The fourth-order valence-electron chi connectivity index (χ4n) is 5.71. The second kappa shape index (κ2) is 8.54. The zero-order chi connectivity index (χ0) is 23.0. The van der Waals surface area contributed by atoms with Crippen LogP contribution in [0.15, 0.2) is 48.5 Å². The Kier molecular flexibility index (Phi) is 5.56. The highest BCUT2D eigenvalue weighted by Crippen LogP contribution is 2.63. The van der Waals surface area contributed by atoms with Crippen molar-refractivity contribution in [1.29, 1.82) is 0 Å². The number of fused-ring (bicyclic) bond motifs is 4. The topological polar surface area (TPSA) is 105 Å². The van der Waals surface area contributed by atoms with Gasteiger partial charge in [-0.25, -0.2) is 4.79 Å². The Morgan fingerprint density at radius 2 is 1.67 bits per heavy atom. The van der Waals surface area contributed by atoms with Crippen LogP contribution in [0.2, 0.25) is 0 Å². The number of hydrogen-bond donors (Lipinski definition) is 3. The van der Waals surface area contributed by atoms with Crippen LogP contribution in [0.25, 0.3) is 11.1 Å². The van der Waals surface area contributed by atoms with Crippen LogP contribution in [0.4, 0.5) is 4.79 Å². The van der Waals surface area contributed by atoms with Crippen LogP contribution in [-0.2, 0) is 14.3 Å². The number of carbonyl (C=O) groups is 3. The van der Waals surface area contributed by atoms with Crippen molar-refractivity contribution < 1.29 is 24.2 Å². The van der Waals surface area contributed by atoms with Gasteiger partial charge in [0.1, 0.15) is 6.61 Å². The molecule has 33 heavy (non-hydrogen) atoms. The third-order valence-corrected chi connectivity index (χ3v) is 7.38. The lowest BCUT2D eigenvalue weighted by atomic mass is 9.98. The van der Waals surface area contributed by atoms with Crippen molar-refractivity contribution in [2.24, 2.45) is 11.3 Å². The van der Waals surface area contributed by atoms with E-state index in [1.54, 1.807) is 0 Å². The fraction of sp³-hybridized carbons (Fsp3) is 0.423. The smallest absolute Gasteiger partial charge is 0.407 e. The maximum absolute atomic E-state index is 12.6. The second-order valence-corrected chi connectivity index (χ2v) is 9.42. The van der Waals surface area contributed by atoms with E-state index in [-0.39, 0.29) is 36.8 Å². The molecule has 3 aliphatic rings. The maximum atomic E-state index is 12.6. The van der Waals surface area contributed by atoms with Gasteiger partial charge in [0.25, 0.3) is 0 Å². The lowest BCUT2D eigenvalue weighted by Crippen LogP contribution is -2.38. The van der Waals surface area contributed by atoms with Crippen molar-refractivity contribution in [2.75, 3.05) is 13.2 Å². The average molecular weight is 449 g/mol. The largest absolute Gasteiger partial charge is 0.481 e. The number of aliphatic carboxylic acids is 1. The van der Waals surface area contributed by atoms with Gasteiger partial charge >= 0.3 is 12.1 Å². The number of alkyl carbamates (subject to hydrolysis) is 1. The predicted molar refractivity (Wildman–Crippen MR) is 122 cm³/mol. The number of amides is 2. The quantitative estimate of drug-likeness (QED) is 0.535. The first-order chi connectivity index (χ1) is 16.0. The summed E-state index contributed by atoms with van der Waals surface area (Å²) in [5.41, 5.74) is 4.31. The Morgan fingerprint density at radius 1 is 1.00 bits per heavy atom. The summed E-state index contributed by atoms with van der Waals surface area (Å²) in [5.74, 6) is -0.589. The Morgan fingerprint density at radius 3 is 2.33 bits per heavy atom. The monoisotopic (exact) mass is 448 g/mol. The highest BCUT2D eigenvalue weighted by atomic mass is 16.5.